The van der Waals surface area contributed by atoms with Crippen molar-refractivity contribution in [2.45, 2.75) is 13.0 Å². The predicted molar refractivity (Wildman–Crippen MR) is 147 cm³/mol. The zero-order chi connectivity index (χ0) is 27.7. The molecular weight excluding hydrogens is 516 g/mol. The molecule has 3 aromatic carbocycles. The Bertz CT molecular complexity index is 1630. The summed E-state index contributed by atoms with van der Waals surface area (Å²) in [5.74, 6) is -1.99. The van der Waals surface area contributed by atoms with Crippen LogP contribution in [0.5, 0.6) is 5.75 Å². The van der Waals surface area contributed by atoms with E-state index in [1.807, 2.05) is 30.3 Å². The molecule has 1 aliphatic heterocycles. The van der Waals surface area contributed by atoms with E-state index < -0.39 is 29.5 Å². The first-order valence-electron chi connectivity index (χ1n) is 12.0. The monoisotopic (exact) mass is 540 g/mol. The molecule has 5 rings (SSSR count). The summed E-state index contributed by atoms with van der Waals surface area (Å²) in [4.78, 5) is 46.1. The molecule has 1 aliphatic rings. The minimum Gasteiger partial charge on any atom is -0.503 e. The van der Waals surface area contributed by atoms with Crippen molar-refractivity contribution in [1.82, 2.24) is 4.98 Å². The Morgan fingerprint density at radius 3 is 2.44 bits per heavy atom. The highest BCUT2D eigenvalue weighted by atomic mass is 32.1. The fourth-order valence-corrected chi connectivity index (χ4v) is 5.59. The van der Waals surface area contributed by atoms with E-state index in [9.17, 15) is 19.5 Å². The molecule has 0 fully saturated rings. The van der Waals surface area contributed by atoms with E-state index in [-0.39, 0.29) is 11.1 Å². The number of aryl methyl sites for hydroxylation is 1. The third-order valence-electron chi connectivity index (χ3n) is 6.43. The Morgan fingerprint density at radius 1 is 0.974 bits per heavy atom. The molecule has 39 heavy (non-hydrogen) atoms. The number of carbonyl (C=O) groups is 3. The SMILES string of the molecule is COC(=O)c1cccc(N2C(=O)C(O)=C(C(=O)c3sc(-c4ccccc4)nc3C)C2c2cccc(OC)c2)c1. The molecule has 0 radical (unpaired) electrons. The largest absolute Gasteiger partial charge is 0.503 e. The minimum atomic E-state index is -0.991. The van der Waals surface area contributed by atoms with Crippen LogP contribution in [0.25, 0.3) is 10.6 Å². The number of ketones is 1. The zero-order valence-electron chi connectivity index (χ0n) is 21.4. The first-order valence-corrected chi connectivity index (χ1v) is 12.8. The van der Waals surface area contributed by atoms with E-state index in [1.165, 1.54) is 36.5 Å². The lowest BCUT2D eigenvalue weighted by Crippen LogP contribution is -2.31. The average Bonchev–Trinajstić information content (AvgIpc) is 3.49. The fourth-order valence-electron chi connectivity index (χ4n) is 4.56. The number of aromatic nitrogens is 1. The quantitative estimate of drug-likeness (QED) is 0.237. The highest BCUT2D eigenvalue weighted by Crippen LogP contribution is 2.44. The Labute approximate surface area is 228 Å². The first-order chi connectivity index (χ1) is 18.8. The van der Waals surface area contributed by atoms with E-state index in [1.54, 1.807) is 49.4 Å². The van der Waals surface area contributed by atoms with E-state index in [0.717, 1.165) is 5.56 Å². The normalized spacial score (nSPS) is 15.0. The van der Waals surface area contributed by atoms with Crippen molar-refractivity contribution in [3.8, 4) is 16.3 Å². The number of anilines is 1. The van der Waals surface area contributed by atoms with Gasteiger partial charge in [0, 0.05) is 11.3 Å². The number of thiazole rings is 1. The van der Waals surface area contributed by atoms with E-state index in [4.69, 9.17) is 9.47 Å². The fraction of sp³-hybridized carbons (Fsp3) is 0.133. The number of methoxy groups -OCH3 is 2. The number of aliphatic hydroxyl groups excluding tert-OH is 1. The number of ether oxygens (including phenoxy) is 2. The molecule has 1 aromatic heterocycles. The van der Waals surface area contributed by atoms with Gasteiger partial charge in [0.15, 0.2) is 5.76 Å². The van der Waals surface area contributed by atoms with E-state index >= 15 is 0 Å². The Kier molecular flexibility index (Phi) is 7.00. The molecule has 1 N–H and O–H groups in total. The number of hydrogen-bond acceptors (Lipinski definition) is 8. The Balaban J connectivity index is 1.65. The second-order valence-corrected chi connectivity index (χ2v) is 9.79. The number of nitrogens with zero attached hydrogens (tertiary/aromatic N) is 2. The van der Waals surface area contributed by atoms with Crippen LogP contribution in [0, 0.1) is 6.92 Å². The number of benzene rings is 3. The van der Waals surface area contributed by atoms with Crippen molar-refractivity contribution in [3.05, 3.63) is 112 Å². The standard InChI is InChI=1S/C30H24N2O6S/c1-17-27(39-28(31-17)18-9-5-4-6-10-18)25(33)23-24(19-11-8-14-22(16-19)37-2)32(29(35)26(23)34)21-13-7-12-20(15-21)30(36)38-3/h4-16,24,34H,1-3H3. The lowest BCUT2D eigenvalue weighted by molar-refractivity contribution is -0.117. The highest BCUT2D eigenvalue weighted by Gasteiger charge is 2.45. The molecule has 0 spiro atoms. The van der Waals surface area contributed by atoms with Gasteiger partial charge in [0.25, 0.3) is 5.91 Å². The van der Waals surface area contributed by atoms with Crippen molar-refractivity contribution in [1.29, 1.82) is 0 Å². The molecule has 8 nitrogen and oxygen atoms in total. The first kappa shape index (κ1) is 25.9. The van der Waals surface area contributed by atoms with Crippen LogP contribution in [-0.2, 0) is 9.53 Å². The number of rotatable bonds is 7. The third kappa shape index (κ3) is 4.68. The lowest BCUT2D eigenvalue weighted by atomic mass is 9.94. The highest BCUT2D eigenvalue weighted by molar-refractivity contribution is 7.17. The number of esters is 1. The van der Waals surface area contributed by atoms with Gasteiger partial charge in [0.1, 0.15) is 10.8 Å². The number of aliphatic hydroxyl groups is 1. The molecule has 4 aromatic rings. The summed E-state index contributed by atoms with van der Waals surface area (Å²) < 4.78 is 10.2. The van der Waals surface area contributed by atoms with Crippen LogP contribution in [0.2, 0.25) is 0 Å². The van der Waals surface area contributed by atoms with Crippen LogP contribution in [0.3, 0.4) is 0 Å². The van der Waals surface area contributed by atoms with Crippen molar-refractivity contribution in [3.63, 3.8) is 0 Å². The van der Waals surface area contributed by atoms with Crippen LogP contribution < -0.4 is 9.64 Å². The molecule has 1 unspecified atom stereocenters. The smallest absolute Gasteiger partial charge is 0.337 e. The number of hydrogen-bond donors (Lipinski definition) is 1. The third-order valence-corrected chi connectivity index (χ3v) is 7.64. The maximum absolute atomic E-state index is 14.1. The number of Topliss-reactive ketones (excluding diaryl/α,β-unsaturated/α-hetero) is 1. The van der Waals surface area contributed by atoms with Crippen molar-refractivity contribution < 1.29 is 29.0 Å². The topological polar surface area (TPSA) is 106 Å². The minimum absolute atomic E-state index is 0.0805. The summed E-state index contributed by atoms with van der Waals surface area (Å²) >= 11 is 1.20. The van der Waals surface area contributed by atoms with Gasteiger partial charge >= 0.3 is 5.97 Å². The maximum Gasteiger partial charge on any atom is 0.337 e. The maximum atomic E-state index is 14.1. The van der Waals surface area contributed by atoms with Crippen LogP contribution in [0.1, 0.15) is 37.3 Å². The second kappa shape index (κ2) is 10.5. The zero-order valence-corrected chi connectivity index (χ0v) is 22.2. The van der Waals surface area contributed by atoms with Gasteiger partial charge in [-0.2, -0.15) is 0 Å². The van der Waals surface area contributed by atoms with Gasteiger partial charge in [-0.3, -0.25) is 14.5 Å². The van der Waals surface area contributed by atoms with Crippen molar-refractivity contribution in [2.75, 3.05) is 19.1 Å². The molecule has 1 atom stereocenters. The lowest BCUT2D eigenvalue weighted by Gasteiger charge is -2.27. The number of amides is 1. The van der Waals surface area contributed by atoms with Gasteiger partial charge in [-0.05, 0) is 42.8 Å². The van der Waals surface area contributed by atoms with Crippen LogP contribution in [0.4, 0.5) is 5.69 Å². The molecule has 2 heterocycles. The van der Waals surface area contributed by atoms with Gasteiger partial charge in [0.05, 0.1) is 42.0 Å². The van der Waals surface area contributed by atoms with Crippen LogP contribution in [0.15, 0.2) is 90.2 Å². The summed E-state index contributed by atoms with van der Waals surface area (Å²) in [7, 11) is 2.78. The summed E-state index contributed by atoms with van der Waals surface area (Å²) in [6, 6.07) is 21.7. The van der Waals surface area contributed by atoms with Crippen molar-refractivity contribution in [2.24, 2.45) is 0 Å². The molecule has 0 saturated carbocycles. The second-order valence-electron chi connectivity index (χ2n) is 8.79. The number of carbonyl (C=O) groups excluding carboxylic acids is 3. The summed E-state index contributed by atoms with van der Waals surface area (Å²) in [5.41, 5.74) is 2.35. The predicted octanol–water partition coefficient (Wildman–Crippen LogP) is 5.70. The molecular formula is C30H24N2O6S. The van der Waals surface area contributed by atoms with E-state index in [0.29, 0.717) is 32.6 Å². The van der Waals surface area contributed by atoms with Crippen LogP contribution >= 0.6 is 11.3 Å². The molecule has 9 heteroatoms. The van der Waals surface area contributed by atoms with Gasteiger partial charge in [-0.15, -0.1) is 11.3 Å². The van der Waals surface area contributed by atoms with Gasteiger partial charge < -0.3 is 14.6 Å². The van der Waals surface area contributed by atoms with Gasteiger partial charge in [-0.1, -0.05) is 48.5 Å². The molecule has 0 saturated heterocycles. The summed E-state index contributed by atoms with van der Waals surface area (Å²) in [5, 5.41) is 11.8. The molecule has 196 valence electrons. The van der Waals surface area contributed by atoms with Gasteiger partial charge in [0.2, 0.25) is 5.78 Å². The van der Waals surface area contributed by atoms with Crippen LogP contribution in [-0.4, -0.2) is 42.0 Å². The molecule has 1 amide bonds. The van der Waals surface area contributed by atoms with Gasteiger partial charge in [-0.25, -0.2) is 9.78 Å². The van der Waals surface area contributed by atoms with E-state index in [2.05, 4.69) is 4.98 Å². The Morgan fingerprint density at radius 2 is 1.72 bits per heavy atom. The average molecular weight is 541 g/mol. The molecule has 0 bridgehead atoms. The Hall–Kier alpha value is -4.76. The van der Waals surface area contributed by atoms with Crippen molar-refractivity contribution >= 4 is 34.7 Å². The molecule has 0 aliphatic carbocycles. The summed E-state index contributed by atoms with van der Waals surface area (Å²) in [6.45, 7) is 1.72. The summed E-state index contributed by atoms with van der Waals surface area (Å²) in [6.07, 6.45) is 0.